The van der Waals surface area contributed by atoms with Gasteiger partial charge in [0.1, 0.15) is 5.52 Å². The molecule has 96 valence electrons. The summed E-state index contributed by atoms with van der Waals surface area (Å²) in [6.07, 6.45) is -3.10. The van der Waals surface area contributed by atoms with Gasteiger partial charge in [0.05, 0.1) is 11.5 Å². The van der Waals surface area contributed by atoms with E-state index < -0.39 is 12.0 Å². The first-order valence-electron chi connectivity index (χ1n) is 4.97. The normalized spacial score (nSPS) is 12.0. The molecule has 4 nitrogen and oxygen atoms in total. The maximum Gasteiger partial charge on any atom is 0.449 e. The number of imidazole rings is 1. The van der Waals surface area contributed by atoms with Gasteiger partial charge >= 0.3 is 6.18 Å². The van der Waals surface area contributed by atoms with E-state index in [2.05, 4.69) is 22.2 Å². The number of aryl methyl sites for hydroxylation is 1. The Morgan fingerprint density at radius 3 is 2.72 bits per heavy atom. The van der Waals surface area contributed by atoms with Crippen LogP contribution in [0.15, 0.2) is 12.3 Å². The minimum Gasteiger partial charge on any atom is -0.392 e. The van der Waals surface area contributed by atoms with E-state index in [4.69, 9.17) is 5.73 Å². The molecule has 2 N–H and O–H groups in total. The zero-order valence-electron chi connectivity index (χ0n) is 9.32. The third kappa shape index (κ3) is 2.28. The first-order chi connectivity index (χ1) is 8.29. The quantitative estimate of drug-likeness (QED) is 0.851. The van der Waals surface area contributed by atoms with E-state index in [1.165, 1.54) is 12.3 Å². The lowest BCUT2D eigenvalue weighted by molar-refractivity contribution is -0.146. The Labute approximate surface area is 106 Å². The van der Waals surface area contributed by atoms with Crippen molar-refractivity contribution in [2.75, 3.05) is 0 Å². The maximum atomic E-state index is 12.8. The molecule has 0 radical (unpaired) electrons. The summed E-state index contributed by atoms with van der Waals surface area (Å²) in [5.41, 5.74) is 6.34. The molecular weight excluding hydrogens is 265 g/mol. The van der Waals surface area contributed by atoms with Crippen molar-refractivity contribution in [3.8, 4) is 0 Å². The highest BCUT2D eigenvalue weighted by Gasteiger charge is 2.38. The number of pyridine rings is 1. The third-order valence-electron chi connectivity index (χ3n) is 2.29. The molecule has 0 saturated carbocycles. The van der Waals surface area contributed by atoms with Crippen molar-refractivity contribution in [1.29, 1.82) is 0 Å². The monoisotopic (exact) mass is 274 g/mol. The summed E-state index contributed by atoms with van der Waals surface area (Å²) in [6.45, 7) is 1.49. The van der Waals surface area contributed by atoms with E-state index in [0.29, 0.717) is 0 Å². The Balaban J connectivity index is 2.72. The SMILES string of the molecule is Cc1cnc2c(c1)nc(C(F)(F)F)n2CC(N)=S. The predicted molar refractivity (Wildman–Crippen MR) is 64.1 cm³/mol. The minimum atomic E-state index is -4.57. The van der Waals surface area contributed by atoms with Crippen molar-refractivity contribution in [3.05, 3.63) is 23.7 Å². The summed E-state index contributed by atoms with van der Waals surface area (Å²) in [5, 5.41) is 0. The Kier molecular flexibility index (Phi) is 2.97. The molecule has 2 rings (SSSR count). The zero-order valence-corrected chi connectivity index (χ0v) is 10.1. The number of halogens is 3. The van der Waals surface area contributed by atoms with Gasteiger partial charge in [0, 0.05) is 6.20 Å². The smallest absolute Gasteiger partial charge is 0.392 e. The van der Waals surface area contributed by atoms with Crippen LogP contribution in [0.3, 0.4) is 0 Å². The number of nitrogens with two attached hydrogens (primary N) is 1. The molecular formula is C10H9F3N4S. The molecule has 0 atom stereocenters. The fraction of sp³-hybridized carbons (Fsp3) is 0.300. The van der Waals surface area contributed by atoms with Crippen molar-refractivity contribution in [2.45, 2.75) is 19.6 Å². The first-order valence-corrected chi connectivity index (χ1v) is 5.38. The van der Waals surface area contributed by atoms with Crippen molar-refractivity contribution >= 4 is 28.4 Å². The van der Waals surface area contributed by atoms with Crippen LogP contribution in [-0.4, -0.2) is 19.5 Å². The number of hydrogen-bond acceptors (Lipinski definition) is 3. The van der Waals surface area contributed by atoms with Crippen molar-refractivity contribution in [2.24, 2.45) is 5.73 Å². The van der Waals surface area contributed by atoms with Gasteiger partial charge in [-0.1, -0.05) is 12.2 Å². The molecule has 0 spiro atoms. The van der Waals surface area contributed by atoms with Gasteiger partial charge in [-0.15, -0.1) is 0 Å². The maximum absolute atomic E-state index is 12.8. The molecule has 2 aromatic heterocycles. The second kappa shape index (κ2) is 4.20. The number of thiocarbonyl (C=S) groups is 1. The Morgan fingerprint density at radius 2 is 2.17 bits per heavy atom. The molecule has 0 bridgehead atoms. The third-order valence-corrected chi connectivity index (χ3v) is 2.42. The fourth-order valence-electron chi connectivity index (χ4n) is 1.63. The van der Waals surface area contributed by atoms with Gasteiger partial charge in [-0.2, -0.15) is 13.2 Å². The highest BCUT2D eigenvalue weighted by atomic mass is 32.1. The molecule has 0 amide bonds. The molecule has 0 aliphatic heterocycles. The number of alkyl halides is 3. The number of hydrogen-bond donors (Lipinski definition) is 1. The molecule has 8 heteroatoms. The van der Waals surface area contributed by atoms with Crippen molar-refractivity contribution < 1.29 is 13.2 Å². The van der Waals surface area contributed by atoms with Crippen LogP contribution in [-0.2, 0) is 12.7 Å². The average Bonchev–Trinajstić information content (AvgIpc) is 2.55. The van der Waals surface area contributed by atoms with E-state index >= 15 is 0 Å². The Hall–Kier alpha value is -1.70. The van der Waals surface area contributed by atoms with Crippen LogP contribution >= 0.6 is 12.2 Å². The molecule has 0 aliphatic rings. The van der Waals surface area contributed by atoms with Crippen molar-refractivity contribution in [3.63, 3.8) is 0 Å². The zero-order chi connectivity index (χ0) is 13.5. The number of nitrogens with zero attached hydrogens (tertiary/aromatic N) is 3. The summed E-state index contributed by atoms with van der Waals surface area (Å²) in [4.78, 5) is 7.46. The predicted octanol–water partition coefficient (Wildman–Crippen LogP) is 2.04. The van der Waals surface area contributed by atoms with Gasteiger partial charge in [0.25, 0.3) is 0 Å². The van der Waals surface area contributed by atoms with E-state index in [1.807, 2.05) is 0 Å². The summed E-state index contributed by atoms with van der Waals surface area (Å²) in [6, 6.07) is 1.54. The molecule has 2 aromatic rings. The topological polar surface area (TPSA) is 56.7 Å². The van der Waals surface area contributed by atoms with Crippen LogP contribution in [0.2, 0.25) is 0 Å². The van der Waals surface area contributed by atoms with E-state index in [9.17, 15) is 13.2 Å². The minimum absolute atomic E-state index is 0.0535. The van der Waals surface area contributed by atoms with Gasteiger partial charge in [-0.25, -0.2) is 9.97 Å². The van der Waals surface area contributed by atoms with Crippen LogP contribution in [0.25, 0.3) is 11.2 Å². The lowest BCUT2D eigenvalue weighted by Gasteiger charge is -2.09. The van der Waals surface area contributed by atoms with Crippen LogP contribution < -0.4 is 5.73 Å². The van der Waals surface area contributed by atoms with Crippen LogP contribution in [0.4, 0.5) is 13.2 Å². The summed E-state index contributed by atoms with van der Waals surface area (Å²) >= 11 is 4.65. The lowest BCUT2D eigenvalue weighted by atomic mass is 10.3. The molecule has 0 fully saturated rings. The second-order valence-electron chi connectivity index (χ2n) is 3.84. The van der Waals surface area contributed by atoms with Crippen LogP contribution in [0, 0.1) is 6.92 Å². The highest BCUT2D eigenvalue weighted by Crippen LogP contribution is 2.30. The molecule has 0 aromatic carbocycles. The molecule has 18 heavy (non-hydrogen) atoms. The molecule has 0 unspecified atom stereocenters. The number of rotatable bonds is 2. The number of fused-ring (bicyclic) bond motifs is 1. The largest absolute Gasteiger partial charge is 0.449 e. The highest BCUT2D eigenvalue weighted by molar-refractivity contribution is 7.80. The molecule has 2 heterocycles. The second-order valence-corrected chi connectivity index (χ2v) is 4.37. The van der Waals surface area contributed by atoms with Gasteiger partial charge in [0.15, 0.2) is 5.65 Å². The van der Waals surface area contributed by atoms with Crippen LogP contribution in [0.1, 0.15) is 11.4 Å². The van der Waals surface area contributed by atoms with E-state index in [0.717, 1.165) is 10.1 Å². The number of aromatic nitrogens is 3. The summed E-state index contributed by atoms with van der Waals surface area (Å²) < 4.78 is 39.4. The van der Waals surface area contributed by atoms with Crippen molar-refractivity contribution in [1.82, 2.24) is 14.5 Å². The lowest BCUT2D eigenvalue weighted by Crippen LogP contribution is -2.22. The van der Waals surface area contributed by atoms with Gasteiger partial charge in [0.2, 0.25) is 5.82 Å². The van der Waals surface area contributed by atoms with Gasteiger partial charge in [-0.05, 0) is 18.6 Å². The Bertz CT molecular complexity index is 617. The standard InChI is InChI=1S/C10H9F3N4S/c1-5-2-6-8(15-3-5)17(4-7(14)18)9(16-6)10(11,12)13/h2-3H,4H2,1H3,(H2,14,18). The van der Waals surface area contributed by atoms with Gasteiger partial charge < -0.3 is 5.73 Å². The van der Waals surface area contributed by atoms with E-state index in [-0.39, 0.29) is 22.7 Å². The summed E-state index contributed by atoms with van der Waals surface area (Å²) in [5.74, 6) is -1.04. The molecule has 0 saturated heterocycles. The van der Waals surface area contributed by atoms with E-state index in [1.54, 1.807) is 6.92 Å². The van der Waals surface area contributed by atoms with Gasteiger partial charge in [-0.3, -0.25) is 4.57 Å². The molecule has 0 aliphatic carbocycles. The Morgan fingerprint density at radius 1 is 1.50 bits per heavy atom. The summed E-state index contributed by atoms with van der Waals surface area (Å²) in [7, 11) is 0. The van der Waals surface area contributed by atoms with Crippen LogP contribution in [0.5, 0.6) is 0 Å². The fourth-order valence-corrected chi connectivity index (χ4v) is 1.76. The first kappa shape index (κ1) is 12.7. The average molecular weight is 274 g/mol.